The molecule has 0 fully saturated rings. The predicted molar refractivity (Wildman–Crippen MR) is 47.9 cm³/mol. The second kappa shape index (κ2) is 4.39. The molecule has 0 unspecified atom stereocenters. The lowest BCUT2D eigenvalue weighted by Gasteiger charge is -2.05. The number of carbonyl (C=O) groups excluding carboxylic acids is 1. The van der Waals surface area contributed by atoms with Crippen LogP contribution >= 0.6 is 0 Å². The van der Waals surface area contributed by atoms with E-state index >= 15 is 0 Å². The molecule has 0 aliphatic rings. The Kier molecular flexibility index (Phi) is 3.40. The molecule has 1 aromatic rings. The summed E-state index contributed by atoms with van der Waals surface area (Å²) in [5, 5.41) is 16.7. The maximum atomic E-state index is 11.3. The molecule has 0 atom stereocenters. The number of carbonyl (C=O) groups is 1. The van der Waals surface area contributed by atoms with Crippen LogP contribution in [0.5, 0.6) is 0 Å². The summed E-state index contributed by atoms with van der Waals surface area (Å²) < 4.78 is 26.5. The maximum absolute atomic E-state index is 11.3. The molecule has 0 saturated carbocycles. The average molecular weight is 232 g/mol. The molecule has 0 aliphatic heterocycles. The van der Waals surface area contributed by atoms with Gasteiger partial charge in [0.1, 0.15) is 4.90 Å². The molecule has 0 aliphatic carbocycles. The summed E-state index contributed by atoms with van der Waals surface area (Å²) in [5.41, 5.74) is 0. The number of rotatable bonds is 3. The molecule has 6 nitrogen and oxygen atoms in total. The molecule has 1 aromatic carbocycles. The fourth-order valence-corrected chi connectivity index (χ4v) is 1.68. The first-order chi connectivity index (χ1) is 6.93. The molecule has 15 heavy (non-hydrogen) atoms. The highest BCUT2D eigenvalue weighted by Gasteiger charge is 2.23. The molecule has 7 heteroatoms. The minimum Gasteiger partial charge on any atom is -0.359 e. The van der Waals surface area contributed by atoms with E-state index in [0.717, 1.165) is 0 Å². The Hall–Kier alpha value is -1.44. The van der Waals surface area contributed by atoms with Gasteiger partial charge in [0, 0.05) is 0 Å². The SMILES string of the molecule is O=C(OS(=O)(=O)c1ccccc1)C(O)O. The van der Waals surface area contributed by atoms with Gasteiger partial charge in [0.15, 0.2) is 0 Å². The van der Waals surface area contributed by atoms with Gasteiger partial charge in [-0.2, -0.15) is 8.42 Å². The molecule has 0 radical (unpaired) electrons. The maximum Gasteiger partial charge on any atom is 0.378 e. The number of benzene rings is 1. The molecule has 1 rings (SSSR count). The fraction of sp³-hybridized carbons (Fsp3) is 0.125. The van der Waals surface area contributed by atoms with E-state index in [1.165, 1.54) is 24.3 Å². The third-order valence-electron chi connectivity index (χ3n) is 1.43. The van der Waals surface area contributed by atoms with E-state index in [1.807, 2.05) is 0 Å². The van der Waals surface area contributed by atoms with Crippen molar-refractivity contribution >= 4 is 16.1 Å². The third-order valence-corrected chi connectivity index (χ3v) is 2.67. The standard InChI is InChI=1S/C8H8O6S/c9-7(10)8(11)14-15(12,13)6-4-2-1-3-5-6/h1-5,7,9-10H. The van der Waals surface area contributed by atoms with Gasteiger partial charge in [-0.05, 0) is 12.1 Å². The first kappa shape index (κ1) is 11.6. The molecule has 0 aromatic heterocycles. The molecule has 0 spiro atoms. The minimum atomic E-state index is -4.27. The van der Waals surface area contributed by atoms with Crippen molar-refractivity contribution in [2.75, 3.05) is 0 Å². The summed E-state index contributed by atoms with van der Waals surface area (Å²) >= 11 is 0. The summed E-state index contributed by atoms with van der Waals surface area (Å²) in [5.74, 6) is -1.64. The van der Waals surface area contributed by atoms with Crippen LogP contribution in [-0.2, 0) is 19.1 Å². The van der Waals surface area contributed by atoms with Crippen molar-refractivity contribution < 1.29 is 27.6 Å². The quantitative estimate of drug-likeness (QED) is 0.524. The first-order valence-corrected chi connectivity index (χ1v) is 5.24. The number of aliphatic hydroxyl groups is 2. The van der Waals surface area contributed by atoms with Gasteiger partial charge in [-0.25, -0.2) is 4.79 Å². The van der Waals surface area contributed by atoms with Crippen LogP contribution in [0.25, 0.3) is 0 Å². The van der Waals surface area contributed by atoms with Gasteiger partial charge >= 0.3 is 16.1 Å². The van der Waals surface area contributed by atoms with E-state index in [1.54, 1.807) is 6.07 Å². The second-order valence-corrected chi connectivity index (χ2v) is 4.09. The van der Waals surface area contributed by atoms with Gasteiger partial charge in [-0.3, -0.25) is 0 Å². The molecule has 0 amide bonds. The fourth-order valence-electron chi connectivity index (χ4n) is 0.786. The lowest BCUT2D eigenvalue weighted by Crippen LogP contribution is -2.25. The summed E-state index contributed by atoms with van der Waals surface area (Å²) in [6, 6.07) is 6.90. The minimum absolute atomic E-state index is 0.237. The van der Waals surface area contributed by atoms with Gasteiger partial charge in [-0.15, -0.1) is 0 Å². The zero-order valence-electron chi connectivity index (χ0n) is 7.40. The molecule has 82 valence electrons. The van der Waals surface area contributed by atoms with Crippen molar-refractivity contribution in [3.63, 3.8) is 0 Å². The van der Waals surface area contributed by atoms with Crippen molar-refractivity contribution in [1.82, 2.24) is 0 Å². The van der Waals surface area contributed by atoms with Crippen LogP contribution in [0.4, 0.5) is 0 Å². The Bertz CT molecular complexity index is 435. The van der Waals surface area contributed by atoms with Crippen molar-refractivity contribution in [2.24, 2.45) is 0 Å². The monoisotopic (exact) mass is 232 g/mol. The topological polar surface area (TPSA) is 101 Å². The van der Waals surface area contributed by atoms with E-state index in [0.29, 0.717) is 0 Å². The van der Waals surface area contributed by atoms with Crippen molar-refractivity contribution in [3.8, 4) is 0 Å². The zero-order chi connectivity index (χ0) is 11.5. The van der Waals surface area contributed by atoms with E-state index < -0.39 is 22.4 Å². The summed E-state index contributed by atoms with van der Waals surface area (Å²) in [4.78, 5) is 10.4. The van der Waals surface area contributed by atoms with Crippen molar-refractivity contribution in [2.45, 2.75) is 11.2 Å². The van der Waals surface area contributed by atoms with Gasteiger partial charge in [0.05, 0.1) is 0 Å². The lowest BCUT2D eigenvalue weighted by atomic mass is 10.4. The van der Waals surface area contributed by atoms with Gasteiger partial charge in [0.2, 0.25) is 0 Å². The van der Waals surface area contributed by atoms with Crippen LogP contribution in [0.15, 0.2) is 35.2 Å². The zero-order valence-corrected chi connectivity index (χ0v) is 8.22. The van der Waals surface area contributed by atoms with Crippen LogP contribution < -0.4 is 0 Å². The highest BCUT2D eigenvalue weighted by atomic mass is 32.2. The van der Waals surface area contributed by atoms with E-state index in [9.17, 15) is 13.2 Å². The highest BCUT2D eigenvalue weighted by Crippen LogP contribution is 2.11. The molecule has 0 saturated heterocycles. The Labute approximate surface area is 85.9 Å². The smallest absolute Gasteiger partial charge is 0.359 e. The summed E-state index contributed by atoms with van der Waals surface area (Å²) in [6.45, 7) is 0. The highest BCUT2D eigenvalue weighted by molar-refractivity contribution is 7.87. The Morgan fingerprint density at radius 1 is 1.20 bits per heavy atom. The molecule has 0 bridgehead atoms. The molecular weight excluding hydrogens is 224 g/mol. The van der Waals surface area contributed by atoms with E-state index in [-0.39, 0.29) is 4.90 Å². The van der Waals surface area contributed by atoms with Crippen molar-refractivity contribution in [3.05, 3.63) is 30.3 Å². The lowest BCUT2D eigenvalue weighted by molar-refractivity contribution is -0.162. The summed E-state index contributed by atoms with van der Waals surface area (Å²) in [6.07, 6.45) is -2.47. The molecule has 2 N–H and O–H groups in total. The third kappa shape index (κ3) is 3.01. The van der Waals surface area contributed by atoms with Crippen LogP contribution in [0.1, 0.15) is 0 Å². The molecule has 0 heterocycles. The van der Waals surface area contributed by atoms with Crippen LogP contribution in [-0.4, -0.2) is 30.9 Å². The largest absolute Gasteiger partial charge is 0.378 e. The van der Waals surface area contributed by atoms with E-state index in [4.69, 9.17) is 10.2 Å². The van der Waals surface area contributed by atoms with Crippen LogP contribution in [0.2, 0.25) is 0 Å². The van der Waals surface area contributed by atoms with E-state index in [2.05, 4.69) is 4.18 Å². The predicted octanol–water partition coefficient (Wildman–Crippen LogP) is -0.771. The average Bonchev–Trinajstić information content (AvgIpc) is 2.18. The van der Waals surface area contributed by atoms with Crippen molar-refractivity contribution in [1.29, 1.82) is 0 Å². The number of aliphatic hydroxyl groups excluding tert-OH is 1. The number of hydrogen-bond donors (Lipinski definition) is 2. The Morgan fingerprint density at radius 2 is 1.73 bits per heavy atom. The number of hydrogen-bond acceptors (Lipinski definition) is 6. The van der Waals surface area contributed by atoms with Crippen LogP contribution in [0, 0.1) is 0 Å². The normalized spacial score (nSPS) is 11.4. The second-order valence-electron chi connectivity index (χ2n) is 2.54. The Morgan fingerprint density at radius 3 is 2.20 bits per heavy atom. The molecular formula is C8H8O6S. The van der Waals surface area contributed by atoms with Gasteiger partial charge in [0.25, 0.3) is 6.29 Å². The van der Waals surface area contributed by atoms with Gasteiger partial charge in [-0.1, -0.05) is 18.2 Å². The Balaban J connectivity index is 2.91. The first-order valence-electron chi connectivity index (χ1n) is 3.83. The summed E-state index contributed by atoms with van der Waals surface area (Å²) in [7, 11) is -4.27. The van der Waals surface area contributed by atoms with Gasteiger partial charge < -0.3 is 14.4 Å². The van der Waals surface area contributed by atoms with Crippen LogP contribution in [0.3, 0.4) is 0 Å².